The van der Waals surface area contributed by atoms with Crippen LogP contribution in [0.4, 0.5) is 11.5 Å². The minimum Gasteiger partial charge on any atom is -0.480 e. The quantitative estimate of drug-likeness (QED) is 0.501. The number of carbonyl (C=O) groups is 1. The zero-order chi connectivity index (χ0) is 14.6. The monoisotopic (exact) mass is 327 g/mol. The van der Waals surface area contributed by atoms with E-state index in [-0.39, 0.29) is 24.6 Å². The van der Waals surface area contributed by atoms with Gasteiger partial charge in [0.2, 0.25) is 0 Å². The normalized spacial score (nSPS) is 9.74. The van der Waals surface area contributed by atoms with E-state index in [0.29, 0.717) is 10.0 Å². The minimum absolute atomic E-state index is 0.0369. The molecule has 0 unspecified atom stereocenters. The fourth-order valence-electron chi connectivity index (χ4n) is 1.44. The van der Waals surface area contributed by atoms with E-state index < -0.39 is 10.9 Å². The molecule has 1 aromatic rings. The molecule has 100 valence electrons. The van der Waals surface area contributed by atoms with E-state index in [1.54, 1.807) is 6.92 Å². The molecule has 0 spiro atoms. The molecule has 0 fully saturated rings. The van der Waals surface area contributed by atoms with Crippen molar-refractivity contribution in [1.82, 2.24) is 4.98 Å². The average Bonchev–Trinajstić information content (AvgIpc) is 2.31. The third-order valence-corrected chi connectivity index (χ3v) is 3.27. The van der Waals surface area contributed by atoms with Crippen LogP contribution in [0, 0.1) is 29.4 Å². The predicted octanol–water partition coefficient (Wildman–Crippen LogP) is 1.58. The van der Waals surface area contributed by atoms with Crippen molar-refractivity contribution in [1.29, 1.82) is 0 Å². The molecule has 0 saturated heterocycles. The van der Waals surface area contributed by atoms with E-state index in [1.165, 1.54) is 4.90 Å². The fraction of sp³-hybridized carbons (Fsp3) is 0.273. The highest BCUT2D eigenvalue weighted by atomic mass is 79.9. The zero-order valence-corrected chi connectivity index (χ0v) is 11.5. The number of rotatable bonds is 5. The fourth-order valence-corrected chi connectivity index (χ4v) is 2.00. The maximum atomic E-state index is 10.8. The molecule has 0 radical (unpaired) electrons. The number of carboxylic acids is 1. The lowest BCUT2D eigenvalue weighted by Crippen LogP contribution is -2.31. The summed E-state index contributed by atoms with van der Waals surface area (Å²) in [6, 6.07) is 0. The van der Waals surface area contributed by atoms with Gasteiger partial charge in [-0.05, 0) is 22.9 Å². The van der Waals surface area contributed by atoms with Gasteiger partial charge >= 0.3 is 5.97 Å². The molecular formula is C11H10BrN3O4. The van der Waals surface area contributed by atoms with Crippen molar-refractivity contribution in [2.24, 2.45) is 0 Å². The standard InChI is InChI=1S/C11H10BrN3O4/c1-3-4-14(6-9(16)17)11-10(12)7(2)8(5-13-11)15(18)19/h1,5H,4,6H2,2H3,(H,16,17). The van der Waals surface area contributed by atoms with Crippen molar-refractivity contribution in [2.75, 3.05) is 18.0 Å². The first-order valence-electron chi connectivity index (χ1n) is 5.08. The van der Waals surface area contributed by atoms with Crippen LogP contribution in [0.3, 0.4) is 0 Å². The third-order valence-electron chi connectivity index (χ3n) is 2.32. The Morgan fingerprint density at radius 2 is 2.37 bits per heavy atom. The van der Waals surface area contributed by atoms with Gasteiger partial charge in [0.1, 0.15) is 18.6 Å². The lowest BCUT2D eigenvalue weighted by atomic mass is 10.2. The van der Waals surface area contributed by atoms with E-state index in [9.17, 15) is 14.9 Å². The Morgan fingerprint density at radius 3 is 2.84 bits per heavy atom. The van der Waals surface area contributed by atoms with Crippen molar-refractivity contribution in [3.05, 3.63) is 26.3 Å². The molecule has 19 heavy (non-hydrogen) atoms. The number of nitrogens with zero attached hydrogens (tertiary/aromatic N) is 3. The Balaban J connectivity index is 3.26. The van der Waals surface area contributed by atoms with Crippen LogP contribution < -0.4 is 4.90 Å². The van der Waals surface area contributed by atoms with Gasteiger partial charge in [0.05, 0.1) is 15.9 Å². The molecule has 0 aliphatic rings. The summed E-state index contributed by atoms with van der Waals surface area (Å²) in [4.78, 5) is 26.2. The predicted molar refractivity (Wildman–Crippen MR) is 72.0 cm³/mol. The van der Waals surface area contributed by atoms with Gasteiger partial charge in [-0.2, -0.15) is 0 Å². The molecule has 0 aliphatic carbocycles. The molecule has 1 rings (SSSR count). The van der Waals surface area contributed by atoms with Gasteiger partial charge in [0.25, 0.3) is 5.69 Å². The zero-order valence-electron chi connectivity index (χ0n) is 9.96. The van der Waals surface area contributed by atoms with Crippen molar-refractivity contribution in [3.63, 3.8) is 0 Å². The molecule has 0 amide bonds. The number of pyridine rings is 1. The van der Waals surface area contributed by atoms with E-state index in [2.05, 4.69) is 26.8 Å². The maximum Gasteiger partial charge on any atom is 0.323 e. The van der Waals surface area contributed by atoms with Crippen LogP contribution in [0.1, 0.15) is 5.56 Å². The van der Waals surface area contributed by atoms with Crippen molar-refractivity contribution in [3.8, 4) is 12.3 Å². The molecular weight excluding hydrogens is 318 g/mol. The SMILES string of the molecule is C#CCN(CC(=O)O)c1ncc([N+](=O)[O-])c(C)c1Br. The summed E-state index contributed by atoms with van der Waals surface area (Å²) < 4.78 is 0.359. The molecule has 1 N–H and O–H groups in total. The van der Waals surface area contributed by atoms with Crippen LogP contribution in [0.5, 0.6) is 0 Å². The summed E-state index contributed by atoms with van der Waals surface area (Å²) in [7, 11) is 0. The first-order chi connectivity index (χ1) is 8.88. The number of halogens is 1. The summed E-state index contributed by atoms with van der Waals surface area (Å²) in [5, 5.41) is 19.6. The molecule has 8 heteroatoms. The topological polar surface area (TPSA) is 96.6 Å². The molecule has 0 saturated carbocycles. The largest absolute Gasteiger partial charge is 0.480 e. The van der Waals surface area contributed by atoms with Crippen molar-refractivity contribution in [2.45, 2.75) is 6.92 Å². The highest BCUT2D eigenvalue weighted by molar-refractivity contribution is 9.10. The van der Waals surface area contributed by atoms with Gasteiger partial charge in [0.15, 0.2) is 0 Å². The molecule has 1 heterocycles. The van der Waals surface area contributed by atoms with Crippen molar-refractivity contribution < 1.29 is 14.8 Å². The van der Waals surface area contributed by atoms with Gasteiger partial charge in [-0.15, -0.1) is 6.42 Å². The molecule has 7 nitrogen and oxygen atoms in total. The number of nitro groups is 1. The number of hydrogen-bond donors (Lipinski definition) is 1. The Labute approximate surface area is 117 Å². The average molecular weight is 328 g/mol. The van der Waals surface area contributed by atoms with Gasteiger partial charge in [-0.1, -0.05) is 5.92 Å². The first kappa shape index (κ1) is 14.9. The second-order valence-corrected chi connectivity index (χ2v) is 4.41. The Bertz CT molecular complexity index is 568. The lowest BCUT2D eigenvalue weighted by molar-refractivity contribution is -0.385. The van der Waals surface area contributed by atoms with Crippen LogP contribution in [0.15, 0.2) is 10.7 Å². The molecule has 0 bridgehead atoms. The lowest BCUT2D eigenvalue weighted by Gasteiger charge is -2.20. The number of terminal acetylenes is 1. The van der Waals surface area contributed by atoms with Gasteiger partial charge in [-0.3, -0.25) is 14.9 Å². The van der Waals surface area contributed by atoms with Crippen LogP contribution in [0.25, 0.3) is 0 Å². The van der Waals surface area contributed by atoms with E-state index in [1.807, 2.05) is 0 Å². The van der Waals surface area contributed by atoms with E-state index in [4.69, 9.17) is 11.5 Å². The van der Waals surface area contributed by atoms with Gasteiger partial charge in [0, 0.05) is 5.56 Å². The molecule has 0 aliphatic heterocycles. The van der Waals surface area contributed by atoms with E-state index >= 15 is 0 Å². The summed E-state index contributed by atoms with van der Waals surface area (Å²) >= 11 is 3.19. The third kappa shape index (κ3) is 3.42. The summed E-state index contributed by atoms with van der Waals surface area (Å²) in [6.07, 6.45) is 6.26. The summed E-state index contributed by atoms with van der Waals surface area (Å²) in [5.41, 5.74) is 0.217. The smallest absolute Gasteiger partial charge is 0.323 e. The number of aliphatic carboxylic acids is 1. The van der Waals surface area contributed by atoms with Crippen LogP contribution in [0.2, 0.25) is 0 Å². The number of anilines is 1. The first-order valence-corrected chi connectivity index (χ1v) is 5.87. The second kappa shape index (κ2) is 6.15. The van der Waals surface area contributed by atoms with Crippen LogP contribution in [-0.2, 0) is 4.79 Å². The number of carboxylic acid groups (broad SMARTS) is 1. The number of hydrogen-bond acceptors (Lipinski definition) is 5. The van der Waals surface area contributed by atoms with Crippen molar-refractivity contribution >= 4 is 33.4 Å². The summed E-state index contributed by atoms with van der Waals surface area (Å²) in [5.74, 6) is 1.52. The highest BCUT2D eigenvalue weighted by Gasteiger charge is 2.21. The van der Waals surface area contributed by atoms with Gasteiger partial charge in [-0.25, -0.2) is 4.98 Å². The minimum atomic E-state index is -1.07. The Hall–Kier alpha value is -2.14. The van der Waals surface area contributed by atoms with Crippen LogP contribution in [-0.4, -0.2) is 34.1 Å². The molecule has 0 atom stereocenters. The molecule has 1 aromatic heterocycles. The number of aromatic nitrogens is 1. The van der Waals surface area contributed by atoms with Gasteiger partial charge < -0.3 is 10.0 Å². The Kier molecular flexibility index (Phi) is 4.83. The summed E-state index contributed by atoms with van der Waals surface area (Å²) in [6.45, 7) is 1.24. The second-order valence-electron chi connectivity index (χ2n) is 3.62. The molecule has 0 aromatic carbocycles. The van der Waals surface area contributed by atoms with Crippen LogP contribution >= 0.6 is 15.9 Å². The Morgan fingerprint density at radius 1 is 1.74 bits per heavy atom. The van der Waals surface area contributed by atoms with E-state index in [0.717, 1.165) is 6.20 Å². The maximum absolute atomic E-state index is 10.8. The highest BCUT2D eigenvalue weighted by Crippen LogP contribution is 2.32.